The molecule has 10 heteroatoms. The molecular formula is C80H80N6O4. The van der Waals surface area contributed by atoms with E-state index in [2.05, 4.69) is 262 Å². The Balaban J connectivity index is 1.25. The normalized spacial score (nSPS) is 15.9. The molecule has 0 fully saturated rings. The highest BCUT2D eigenvalue weighted by Gasteiger charge is 2.50. The maximum Gasteiger partial charge on any atom is 0.340 e. The Kier molecular flexibility index (Phi) is 17.1. The fourth-order valence-electron chi connectivity index (χ4n) is 11.9. The summed E-state index contributed by atoms with van der Waals surface area (Å²) in [7, 11) is 24.3. The first-order chi connectivity index (χ1) is 43.1. The number of carbonyl (C=O) groups is 2. The summed E-state index contributed by atoms with van der Waals surface area (Å²) in [4.78, 5) is 44.1. The van der Waals surface area contributed by atoms with Crippen LogP contribution in [0.5, 0.6) is 0 Å². The monoisotopic (exact) mass is 1190 g/mol. The molecule has 2 aliphatic heterocycles. The van der Waals surface area contributed by atoms with Crippen LogP contribution in [0, 0.1) is 13.8 Å². The average molecular weight is 1190 g/mol. The lowest BCUT2D eigenvalue weighted by molar-refractivity contribution is 0.0295. The lowest BCUT2D eigenvalue weighted by Gasteiger charge is -2.28. The van der Waals surface area contributed by atoms with Crippen LogP contribution in [0.25, 0.3) is 22.3 Å². The Morgan fingerprint density at radius 3 is 0.611 bits per heavy atom. The topological polar surface area (TPSA) is 72.0 Å². The molecule has 90 heavy (non-hydrogen) atoms. The summed E-state index contributed by atoms with van der Waals surface area (Å²) in [5.41, 5.74) is 17.4. The molecule has 2 atom stereocenters. The van der Waals surface area contributed by atoms with Crippen molar-refractivity contribution in [2.24, 2.45) is 0 Å². The van der Waals surface area contributed by atoms with Crippen LogP contribution in [-0.2, 0) is 20.7 Å². The molecule has 10 nitrogen and oxygen atoms in total. The molecule has 0 saturated carbocycles. The Labute approximate surface area is 532 Å². The molecule has 0 spiro atoms. The first kappa shape index (κ1) is 61.3. The highest BCUT2D eigenvalue weighted by Crippen LogP contribution is 2.51. The van der Waals surface area contributed by atoms with Gasteiger partial charge in [-0.05, 0) is 190 Å². The molecule has 454 valence electrons. The largest absolute Gasteiger partial charge is 0.442 e. The van der Waals surface area contributed by atoms with E-state index in [1.807, 2.05) is 96.7 Å². The Morgan fingerprint density at radius 2 is 0.444 bits per heavy atom. The number of esters is 2. The first-order valence-electron chi connectivity index (χ1n) is 30.5. The second kappa shape index (κ2) is 25.0. The predicted molar refractivity (Wildman–Crippen MR) is 376 cm³/mol. The van der Waals surface area contributed by atoms with Gasteiger partial charge in [0.25, 0.3) is 0 Å². The smallest absolute Gasteiger partial charge is 0.340 e. The van der Waals surface area contributed by atoms with Crippen LogP contribution in [0.15, 0.2) is 231 Å². The zero-order valence-corrected chi connectivity index (χ0v) is 54.3. The van der Waals surface area contributed by atoms with Gasteiger partial charge in [0.05, 0.1) is 11.1 Å². The molecule has 9 aromatic carbocycles. The van der Waals surface area contributed by atoms with Gasteiger partial charge < -0.3 is 38.9 Å². The first-order valence-corrected chi connectivity index (χ1v) is 30.5. The molecular weight excluding hydrogens is 1110 g/mol. The van der Waals surface area contributed by atoms with E-state index in [1.165, 1.54) is 0 Å². The van der Waals surface area contributed by atoms with Gasteiger partial charge in [-0.15, -0.1) is 0 Å². The Bertz CT molecular complexity index is 3850. The molecule has 0 radical (unpaired) electrons. The number of benzene rings is 9. The third-order valence-corrected chi connectivity index (χ3v) is 17.3. The molecule has 0 aromatic heterocycles. The Morgan fingerprint density at radius 1 is 0.278 bits per heavy atom. The maximum absolute atomic E-state index is 15.8. The van der Waals surface area contributed by atoms with E-state index < -0.39 is 23.1 Å². The predicted octanol–water partition coefficient (Wildman–Crippen LogP) is 16.0. The molecule has 0 amide bonds. The van der Waals surface area contributed by atoms with Crippen LogP contribution < -0.4 is 29.4 Å². The summed E-state index contributed by atoms with van der Waals surface area (Å²) in [5.74, 6) is -1.09. The fraction of sp³-hybridized carbons (Fsp3) is 0.200. The molecule has 11 rings (SSSR count). The van der Waals surface area contributed by atoms with Gasteiger partial charge in [-0.3, -0.25) is 0 Å². The standard InChI is InChI=1S/C80H80N6O4/c1-53-15-19-55(20-16-53)71(57-23-35-63(36-24-57)81(3)4)49-79(51-73(59-27-39-65(40-28-59)83(7)8)60-29-41-66(42-30-60)84(9)10)75-47-70-76(48-69(75)77(87)89-79)80(90-78(70)88,50-72(56-21-17-54(2)18-22-56)58-25-37-64(38-26-58)82(5)6)52-74(61-31-43-67(44-32-61)85(11)12)62-33-45-68(46-34-62)86(13)14/h15-52H,1-14H3. The molecule has 2 unspecified atom stereocenters. The minimum absolute atomic E-state index is 0.307. The van der Waals surface area contributed by atoms with Gasteiger partial charge in [0.2, 0.25) is 0 Å². The number of carbonyl (C=O) groups excluding carboxylic acids is 2. The van der Waals surface area contributed by atoms with Crippen molar-refractivity contribution in [1.82, 2.24) is 0 Å². The third kappa shape index (κ3) is 12.4. The summed E-state index contributed by atoms with van der Waals surface area (Å²) >= 11 is 0. The van der Waals surface area contributed by atoms with Crippen LogP contribution in [-0.4, -0.2) is 96.5 Å². The van der Waals surface area contributed by atoms with Crippen molar-refractivity contribution in [3.63, 3.8) is 0 Å². The minimum Gasteiger partial charge on any atom is -0.442 e. The zero-order chi connectivity index (χ0) is 63.8. The van der Waals surface area contributed by atoms with Gasteiger partial charge in [0, 0.05) is 130 Å². The van der Waals surface area contributed by atoms with E-state index in [9.17, 15) is 0 Å². The molecule has 2 aliphatic rings. The van der Waals surface area contributed by atoms with E-state index in [0.29, 0.717) is 22.3 Å². The molecule has 0 aliphatic carbocycles. The molecule has 0 N–H and O–H groups in total. The van der Waals surface area contributed by atoms with Crippen LogP contribution in [0.3, 0.4) is 0 Å². The molecule has 0 bridgehead atoms. The van der Waals surface area contributed by atoms with Crippen molar-refractivity contribution >= 4 is 68.4 Å². The van der Waals surface area contributed by atoms with Crippen molar-refractivity contribution < 1.29 is 19.1 Å². The quantitative estimate of drug-likeness (QED) is 0.0776. The van der Waals surface area contributed by atoms with Crippen LogP contribution in [0.1, 0.15) is 87.5 Å². The maximum atomic E-state index is 15.8. The highest BCUT2D eigenvalue weighted by molar-refractivity contribution is 6.04. The van der Waals surface area contributed by atoms with Crippen LogP contribution >= 0.6 is 0 Å². The third-order valence-electron chi connectivity index (χ3n) is 17.3. The summed E-state index contributed by atoms with van der Waals surface area (Å²) in [6, 6.07) is 71.2. The number of nitrogens with zero attached hydrogens (tertiary/aromatic N) is 6. The number of cyclic esters (lactones) is 2. The van der Waals surface area contributed by atoms with Crippen molar-refractivity contribution in [3.05, 3.63) is 308 Å². The average Bonchev–Trinajstić information content (AvgIpc) is 1.55. The van der Waals surface area contributed by atoms with Gasteiger partial charge in [-0.25, -0.2) is 9.59 Å². The summed E-state index contributed by atoms with van der Waals surface area (Å²) in [6.07, 6.45) is 8.31. The number of rotatable bonds is 18. The van der Waals surface area contributed by atoms with Gasteiger partial charge >= 0.3 is 11.9 Å². The second-order valence-electron chi connectivity index (χ2n) is 24.9. The second-order valence-corrected chi connectivity index (χ2v) is 24.9. The van der Waals surface area contributed by atoms with Gasteiger partial charge in [0.1, 0.15) is 0 Å². The van der Waals surface area contributed by atoms with Gasteiger partial charge in [0.15, 0.2) is 11.2 Å². The lowest BCUT2D eigenvalue weighted by atomic mass is 9.79. The summed E-state index contributed by atoms with van der Waals surface area (Å²) in [6.45, 7) is 4.15. The number of ether oxygens (including phenoxy) is 2. The van der Waals surface area contributed by atoms with Crippen molar-refractivity contribution in [2.45, 2.75) is 25.0 Å². The number of hydrogen-bond donors (Lipinski definition) is 0. The summed E-state index contributed by atoms with van der Waals surface area (Å²) in [5, 5.41) is 0. The van der Waals surface area contributed by atoms with E-state index in [4.69, 9.17) is 9.47 Å². The van der Waals surface area contributed by atoms with E-state index in [0.717, 1.165) is 112 Å². The molecule has 2 heterocycles. The molecule has 9 aromatic rings. The van der Waals surface area contributed by atoms with Crippen molar-refractivity contribution in [1.29, 1.82) is 0 Å². The lowest BCUT2D eigenvalue weighted by Crippen LogP contribution is -2.23. The summed E-state index contributed by atoms with van der Waals surface area (Å²) < 4.78 is 14.4. The number of hydrogen-bond acceptors (Lipinski definition) is 10. The van der Waals surface area contributed by atoms with Crippen molar-refractivity contribution in [3.8, 4) is 0 Å². The van der Waals surface area contributed by atoms with Gasteiger partial charge in [-0.1, -0.05) is 132 Å². The van der Waals surface area contributed by atoms with Crippen LogP contribution in [0.2, 0.25) is 0 Å². The minimum atomic E-state index is -1.62. The van der Waals surface area contributed by atoms with E-state index >= 15 is 9.59 Å². The number of fused-ring (bicyclic) bond motifs is 2. The van der Waals surface area contributed by atoms with E-state index in [-0.39, 0.29) is 0 Å². The SMILES string of the molecule is Cc1ccc(C(=CC2(C=C(c3ccc(N(C)C)cc3)c3ccc(N(C)C)cc3)OC(=O)c3cc4c(cc32)C(=O)OC4(C=C(c2ccc(C)cc2)c2ccc(N(C)C)cc2)C=C(c2ccc(N(C)C)cc2)c2ccc(N(C)C)cc2)c2ccc(N(C)C)cc2)cc1. The fourth-order valence-corrected chi connectivity index (χ4v) is 11.9. The number of anilines is 6. The molecule has 0 saturated heterocycles. The number of aryl methyl sites for hydroxylation is 2. The van der Waals surface area contributed by atoms with Crippen molar-refractivity contribution in [2.75, 3.05) is 114 Å². The van der Waals surface area contributed by atoms with E-state index in [1.54, 1.807) is 0 Å². The zero-order valence-electron chi connectivity index (χ0n) is 54.3. The Hall–Kier alpha value is -10.3. The van der Waals surface area contributed by atoms with Crippen LogP contribution in [0.4, 0.5) is 34.1 Å². The van der Waals surface area contributed by atoms with Gasteiger partial charge in [-0.2, -0.15) is 0 Å². The highest BCUT2D eigenvalue weighted by atomic mass is 16.6.